The highest BCUT2D eigenvalue weighted by atomic mass is 19.1. The molecule has 1 aromatic heterocycles. The lowest BCUT2D eigenvalue weighted by atomic mass is 10.1. The molecule has 0 fully saturated rings. The van der Waals surface area contributed by atoms with Gasteiger partial charge in [0, 0.05) is 6.07 Å². The third kappa shape index (κ3) is 4.12. The van der Waals surface area contributed by atoms with Crippen molar-refractivity contribution in [2.24, 2.45) is 0 Å². The van der Waals surface area contributed by atoms with Crippen molar-refractivity contribution < 1.29 is 23.0 Å². The number of fused-ring (bicyclic) bond motifs is 1. The standard InChI is InChI=1S/C24H18F2N2O5/c1-13-6-8-15(33-12-17-18(25)4-3-5-19(17)26)11-21(13)28-22(29)16-9-7-14(23(30)32-2)10-20(16)27-24(28)31/h3-11H,12H2,1-2H3,(H,27,31). The minimum absolute atomic E-state index is 0.182. The first-order valence-electron chi connectivity index (χ1n) is 9.84. The Morgan fingerprint density at radius 1 is 1.03 bits per heavy atom. The average Bonchev–Trinajstić information content (AvgIpc) is 2.79. The molecule has 0 aliphatic carbocycles. The number of aryl methyl sites for hydroxylation is 1. The maximum atomic E-state index is 13.9. The summed E-state index contributed by atoms with van der Waals surface area (Å²) < 4.78 is 38.9. The van der Waals surface area contributed by atoms with Crippen LogP contribution >= 0.6 is 0 Å². The van der Waals surface area contributed by atoms with Gasteiger partial charge >= 0.3 is 11.7 Å². The van der Waals surface area contributed by atoms with Gasteiger partial charge in [-0.05, 0) is 48.9 Å². The highest BCUT2D eigenvalue weighted by molar-refractivity contribution is 5.94. The summed E-state index contributed by atoms with van der Waals surface area (Å²) in [6.07, 6.45) is 0. The molecule has 0 unspecified atom stereocenters. The van der Waals surface area contributed by atoms with Crippen molar-refractivity contribution >= 4 is 16.9 Å². The number of hydrogen-bond donors (Lipinski definition) is 1. The van der Waals surface area contributed by atoms with Gasteiger partial charge in [-0.15, -0.1) is 0 Å². The van der Waals surface area contributed by atoms with Crippen LogP contribution in [0.1, 0.15) is 21.5 Å². The molecule has 168 valence electrons. The van der Waals surface area contributed by atoms with Crippen LogP contribution in [0.25, 0.3) is 16.6 Å². The molecule has 0 aliphatic rings. The van der Waals surface area contributed by atoms with Gasteiger partial charge in [0.25, 0.3) is 5.56 Å². The number of esters is 1. The zero-order valence-corrected chi connectivity index (χ0v) is 17.6. The number of halogens is 2. The molecule has 0 atom stereocenters. The number of aromatic nitrogens is 2. The van der Waals surface area contributed by atoms with Crippen LogP contribution in [0.15, 0.2) is 64.2 Å². The second-order valence-electron chi connectivity index (χ2n) is 7.26. The Kier molecular flexibility index (Phi) is 5.78. The molecule has 0 saturated heterocycles. The predicted molar refractivity (Wildman–Crippen MR) is 117 cm³/mol. The number of carbonyl (C=O) groups is 1. The summed E-state index contributed by atoms with van der Waals surface area (Å²) in [7, 11) is 1.23. The van der Waals surface area contributed by atoms with E-state index in [1.54, 1.807) is 19.1 Å². The number of carbonyl (C=O) groups excluding carboxylic acids is 1. The van der Waals surface area contributed by atoms with Crippen molar-refractivity contribution in [3.05, 3.63) is 104 Å². The Bertz CT molecular complexity index is 1490. The second-order valence-corrected chi connectivity index (χ2v) is 7.26. The summed E-state index contributed by atoms with van der Waals surface area (Å²) in [5, 5.41) is 0.182. The lowest BCUT2D eigenvalue weighted by Gasteiger charge is -2.13. The van der Waals surface area contributed by atoms with Gasteiger partial charge in [-0.2, -0.15) is 0 Å². The normalized spacial score (nSPS) is 10.9. The first kappa shape index (κ1) is 21.9. The van der Waals surface area contributed by atoms with Crippen LogP contribution in [0.2, 0.25) is 0 Å². The average molecular weight is 452 g/mol. The Hall–Kier alpha value is -4.27. The number of rotatable bonds is 5. The molecule has 4 aromatic rings. The fourth-order valence-electron chi connectivity index (χ4n) is 3.43. The van der Waals surface area contributed by atoms with Gasteiger partial charge < -0.3 is 14.5 Å². The zero-order chi connectivity index (χ0) is 23.7. The van der Waals surface area contributed by atoms with E-state index in [4.69, 9.17) is 4.74 Å². The van der Waals surface area contributed by atoms with E-state index in [1.165, 1.54) is 37.4 Å². The number of hydrogen-bond acceptors (Lipinski definition) is 5. The molecule has 0 spiro atoms. The minimum Gasteiger partial charge on any atom is -0.489 e. The monoisotopic (exact) mass is 452 g/mol. The maximum Gasteiger partial charge on any atom is 0.337 e. The number of H-pyrrole nitrogens is 1. The lowest BCUT2D eigenvalue weighted by Crippen LogP contribution is -2.34. The molecule has 9 heteroatoms. The van der Waals surface area contributed by atoms with Crippen LogP contribution in [-0.4, -0.2) is 22.6 Å². The Morgan fingerprint density at radius 2 is 1.76 bits per heavy atom. The third-order valence-corrected chi connectivity index (χ3v) is 5.19. The number of aromatic amines is 1. The molecule has 0 bridgehead atoms. The SMILES string of the molecule is COC(=O)c1ccc2c(=O)n(-c3cc(OCc4c(F)cccc4F)ccc3C)c(=O)[nH]c2c1. The number of methoxy groups -OCH3 is 1. The molecule has 1 N–H and O–H groups in total. The molecular weight excluding hydrogens is 434 g/mol. The molecule has 33 heavy (non-hydrogen) atoms. The van der Waals surface area contributed by atoms with Gasteiger partial charge in [0.1, 0.15) is 24.0 Å². The topological polar surface area (TPSA) is 90.4 Å². The van der Waals surface area contributed by atoms with Gasteiger partial charge in [-0.25, -0.2) is 22.9 Å². The van der Waals surface area contributed by atoms with Crippen LogP contribution in [0.5, 0.6) is 5.75 Å². The van der Waals surface area contributed by atoms with E-state index >= 15 is 0 Å². The van der Waals surface area contributed by atoms with E-state index in [0.29, 0.717) is 5.56 Å². The van der Waals surface area contributed by atoms with E-state index in [0.717, 1.165) is 16.7 Å². The zero-order valence-electron chi connectivity index (χ0n) is 17.6. The lowest BCUT2D eigenvalue weighted by molar-refractivity contribution is 0.0601. The number of ether oxygens (including phenoxy) is 2. The van der Waals surface area contributed by atoms with E-state index in [-0.39, 0.29) is 40.1 Å². The van der Waals surface area contributed by atoms with E-state index < -0.39 is 28.9 Å². The molecule has 0 saturated carbocycles. The largest absolute Gasteiger partial charge is 0.489 e. The van der Waals surface area contributed by atoms with Gasteiger partial charge in [0.2, 0.25) is 0 Å². The summed E-state index contributed by atoms with van der Waals surface area (Å²) in [5.74, 6) is -1.87. The molecule has 0 amide bonds. The summed E-state index contributed by atoms with van der Waals surface area (Å²) in [6.45, 7) is 1.33. The van der Waals surface area contributed by atoms with Crippen molar-refractivity contribution in [1.82, 2.24) is 9.55 Å². The van der Waals surface area contributed by atoms with Crippen LogP contribution in [-0.2, 0) is 11.3 Å². The first-order valence-corrected chi connectivity index (χ1v) is 9.84. The highest BCUT2D eigenvalue weighted by Gasteiger charge is 2.15. The Morgan fingerprint density at radius 3 is 2.45 bits per heavy atom. The van der Waals surface area contributed by atoms with Crippen LogP contribution in [0.4, 0.5) is 8.78 Å². The van der Waals surface area contributed by atoms with Crippen LogP contribution in [0.3, 0.4) is 0 Å². The molecule has 3 aromatic carbocycles. The summed E-state index contributed by atoms with van der Waals surface area (Å²) in [5.41, 5.74) is -0.361. The fourth-order valence-corrected chi connectivity index (χ4v) is 3.43. The van der Waals surface area contributed by atoms with Gasteiger partial charge in [0.15, 0.2) is 0 Å². The molecule has 0 radical (unpaired) electrons. The molecule has 4 rings (SSSR count). The van der Waals surface area contributed by atoms with Crippen LogP contribution < -0.4 is 16.0 Å². The van der Waals surface area contributed by atoms with E-state index in [1.807, 2.05) is 0 Å². The number of nitrogens with zero attached hydrogens (tertiary/aromatic N) is 1. The highest BCUT2D eigenvalue weighted by Crippen LogP contribution is 2.22. The smallest absolute Gasteiger partial charge is 0.337 e. The Balaban J connectivity index is 1.76. The van der Waals surface area contributed by atoms with Crippen molar-refractivity contribution in [1.29, 1.82) is 0 Å². The molecule has 7 nitrogen and oxygen atoms in total. The van der Waals surface area contributed by atoms with Gasteiger partial charge in [0.05, 0.1) is 34.8 Å². The van der Waals surface area contributed by atoms with Crippen molar-refractivity contribution in [2.45, 2.75) is 13.5 Å². The maximum absolute atomic E-state index is 13.9. The fraction of sp³-hybridized carbons (Fsp3) is 0.125. The number of benzene rings is 3. The predicted octanol–water partition coefficient (Wildman–Crippen LogP) is 3.63. The summed E-state index contributed by atoms with van der Waals surface area (Å²) in [4.78, 5) is 40.2. The minimum atomic E-state index is -0.740. The number of nitrogens with one attached hydrogen (secondary N) is 1. The summed E-state index contributed by atoms with van der Waals surface area (Å²) in [6, 6.07) is 12.4. The van der Waals surface area contributed by atoms with Gasteiger partial charge in [-0.3, -0.25) is 4.79 Å². The van der Waals surface area contributed by atoms with Crippen molar-refractivity contribution in [3.63, 3.8) is 0 Å². The third-order valence-electron chi connectivity index (χ3n) is 5.19. The quantitative estimate of drug-likeness (QED) is 0.467. The van der Waals surface area contributed by atoms with Crippen molar-refractivity contribution in [3.8, 4) is 11.4 Å². The molecule has 1 heterocycles. The van der Waals surface area contributed by atoms with E-state index in [9.17, 15) is 23.2 Å². The van der Waals surface area contributed by atoms with E-state index in [2.05, 4.69) is 9.72 Å². The van der Waals surface area contributed by atoms with Crippen LogP contribution in [0, 0.1) is 18.6 Å². The molecular formula is C24H18F2N2O5. The summed E-state index contributed by atoms with van der Waals surface area (Å²) >= 11 is 0. The molecule has 0 aliphatic heterocycles. The van der Waals surface area contributed by atoms with Gasteiger partial charge in [-0.1, -0.05) is 12.1 Å². The van der Waals surface area contributed by atoms with Crippen molar-refractivity contribution in [2.75, 3.05) is 7.11 Å². The first-order chi connectivity index (χ1) is 15.8. The second kappa shape index (κ2) is 8.70. The Labute approximate surface area is 185 Å².